The molecule has 1 aromatic rings. The van der Waals surface area contributed by atoms with Crippen molar-refractivity contribution in [1.82, 2.24) is 0 Å². The minimum absolute atomic E-state index is 0.183. The standard InChI is InChI=1S/C16H19O3.3C4H9.Sn/c1-3-5-6-13-19-15-10-7-14(8-11-15)9-12-16(17)18-4-2;3*1-3-4-2;/h3,7-8,10-12H,1,4-6,13H2,2H3;3*1,3-4H2,2H3;. The zero-order valence-corrected chi connectivity index (χ0v) is 23.9. The molecule has 0 saturated carbocycles. The molecule has 0 amide bonds. The third kappa shape index (κ3) is 10.1. The van der Waals surface area contributed by atoms with E-state index in [1.165, 1.54) is 61.0 Å². The molecule has 0 saturated heterocycles. The van der Waals surface area contributed by atoms with Gasteiger partial charge in [-0.15, -0.1) is 0 Å². The van der Waals surface area contributed by atoms with E-state index < -0.39 is 18.4 Å². The summed E-state index contributed by atoms with van der Waals surface area (Å²) in [6, 6.07) is 8.48. The van der Waals surface area contributed by atoms with Crippen molar-refractivity contribution in [2.45, 2.75) is 92.4 Å². The first-order chi connectivity index (χ1) is 15.6. The van der Waals surface area contributed by atoms with Gasteiger partial charge in [0.1, 0.15) is 0 Å². The molecule has 0 spiro atoms. The second kappa shape index (κ2) is 17.3. The molecule has 0 aliphatic heterocycles. The van der Waals surface area contributed by atoms with Gasteiger partial charge in [0.15, 0.2) is 0 Å². The van der Waals surface area contributed by atoms with Gasteiger partial charge in [0, 0.05) is 0 Å². The van der Waals surface area contributed by atoms with Crippen LogP contribution in [0.4, 0.5) is 0 Å². The monoisotopic (exact) mass is 550 g/mol. The molecule has 0 bridgehead atoms. The second-order valence-electron chi connectivity index (χ2n) is 8.70. The van der Waals surface area contributed by atoms with Gasteiger partial charge < -0.3 is 0 Å². The molecular weight excluding hydrogens is 503 g/mol. The number of hydrogen-bond acceptors (Lipinski definition) is 3. The summed E-state index contributed by atoms with van der Waals surface area (Å²) in [7, 11) is 0. The van der Waals surface area contributed by atoms with Crippen LogP contribution in [0.25, 0.3) is 3.59 Å². The van der Waals surface area contributed by atoms with Crippen LogP contribution in [0.5, 0.6) is 5.75 Å². The number of rotatable bonds is 18. The predicted octanol–water partition coefficient (Wildman–Crippen LogP) is 8.37. The Morgan fingerprint density at radius 2 is 1.47 bits per heavy atom. The zero-order valence-electron chi connectivity index (χ0n) is 21.1. The zero-order chi connectivity index (χ0) is 23.7. The Kier molecular flexibility index (Phi) is 15.5. The number of allylic oxidation sites excluding steroid dienone is 1. The Balaban J connectivity index is 3.35. The van der Waals surface area contributed by atoms with Gasteiger partial charge >= 0.3 is 202 Å². The van der Waals surface area contributed by atoms with Crippen LogP contribution < -0.4 is 4.74 Å². The third-order valence-electron chi connectivity index (χ3n) is 6.13. The molecule has 0 aliphatic carbocycles. The first kappa shape index (κ1) is 28.8. The van der Waals surface area contributed by atoms with E-state index in [9.17, 15) is 4.79 Å². The van der Waals surface area contributed by atoms with Crippen LogP contribution in [0.3, 0.4) is 0 Å². The van der Waals surface area contributed by atoms with Crippen LogP contribution in [0.1, 0.15) is 84.6 Å². The number of esters is 1. The quantitative estimate of drug-likeness (QED) is 0.0607. The van der Waals surface area contributed by atoms with Gasteiger partial charge in [-0.25, -0.2) is 0 Å². The summed E-state index contributed by atoms with van der Waals surface area (Å²) in [5, 5.41) is 0. The summed E-state index contributed by atoms with van der Waals surface area (Å²) in [6.07, 6.45) is 13.1. The normalized spacial score (nSPS) is 11.9. The summed E-state index contributed by atoms with van der Waals surface area (Å²) in [4.78, 5) is 12.7. The van der Waals surface area contributed by atoms with E-state index in [2.05, 4.69) is 51.6 Å². The summed E-state index contributed by atoms with van der Waals surface area (Å²) in [5.41, 5.74) is 1.20. The molecule has 0 N–H and O–H groups in total. The fraction of sp³-hybridized carbons (Fsp3) is 0.607. The Bertz CT molecular complexity index is 657. The molecule has 0 heterocycles. The molecule has 0 unspecified atom stereocenters. The van der Waals surface area contributed by atoms with E-state index in [-0.39, 0.29) is 5.97 Å². The van der Waals surface area contributed by atoms with E-state index in [1.807, 2.05) is 19.1 Å². The Hall–Kier alpha value is -1.23. The molecule has 180 valence electrons. The predicted molar refractivity (Wildman–Crippen MR) is 141 cm³/mol. The number of benzene rings is 1. The topological polar surface area (TPSA) is 35.5 Å². The number of carbonyl (C=O) groups is 1. The number of hydrogen-bond donors (Lipinski definition) is 0. The van der Waals surface area contributed by atoms with Gasteiger partial charge in [-0.2, -0.15) is 0 Å². The van der Waals surface area contributed by atoms with Crippen molar-refractivity contribution in [3.8, 4) is 5.75 Å². The minimum atomic E-state index is -2.82. The molecule has 0 atom stereocenters. The second-order valence-corrected chi connectivity index (χ2v) is 21.8. The molecule has 1 rings (SSSR count). The molecule has 32 heavy (non-hydrogen) atoms. The average Bonchev–Trinajstić information content (AvgIpc) is 2.81. The van der Waals surface area contributed by atoms with E-state index in [1.54, 1.807) is 0 Å². The van der Waals surface area contributed by atoms with Crippen molar-refractivity contribution in [2.24, 2.45) is 0 Å². The van der Waals surface area contributed by atoms with E-state index in [4.69, 9.17) is 9.47 Å². The van der Waals surface area contributed by atoms with Crippen molar-refractivity contribution in [2.75, 3.05) is 13.2 Å². The van der Waals surface area contributed by atoms with Gasteiger partial charge in [-0.3, -0.25) is 0 Å². The summed E-state index contributed by atoms with van der Waals surface area (Å²) >= 11 is -2.82. The van der Waals surface area contributed by atoms with Gasteiger partial charge in [0.2, 0.25) is 0 Å². The molecule has 4 heteroatoms. The van der Waals surface area contributed by atoms with Crippen LogP contribution in [0.15, 0.2) is 43.0 Å². The summed E-state index contributed by atoms with van der Waals surface area (Å²) < 4.78 is 16.6. The summed E-state index contributed by atoms with van der Waals surface area (Å²) in [5.74, 6) is 0.711. The Labute approximate surface area is 201 Å². The van der Waals surface area contributed by atoms with Crippen molar-refractivity contribution < 1.29 is 14.3 Å². The van der Waals surface area contributed by atoms with Gasteiger partial charge in [-0.05, 0) is 0 Å². The average molecular weight is 549 g/mol. The molecular formula is C28H46O3Sn. The van der Waals surface area contributed by atoms with Crippen LogP contribution in [-0.4, -0.2) is 37.6 Å². The molecule has 0 aromatic heterocycles. The maximum atomic E-state index is 12.7. The van der Waals surface area contributed by atoms with Crippen LogP contribution in [0.2, 0.25) is 13.3 Å². The van der Waals surface area contributed by atoms with E-state index in [0.717, 1.165) is 18.6 Å². The van der Waals surface area contributed by atoms with E-state index in [0.29, 0.717) is 13.2 Å². The molecule has 3 nitrogen and oxygen atoms in total. The number of carbonyl (C=O) groups excluding carboxylic acids is 1. The molecule has 0 radical (unpaired) electrons. The van der Waals surface area contributed by atoms with Crippen LogP contribution in [0, 0.1) is 0 Å². The van der Waals surface area contributed by atoms with Crippen LogP contribution in [-0.2, 0) is 9.53 Å². The van der Waals surface area contributed by atoms with Gasteiger partial charge in [0.25, 0.3) is 0 Å². The van der Waals surface area contributed by atoms with Crippen molar-refractivity contribution >= 4 is 27.9 Å². The van der Waals surface area contributed by atoms with Crippen molar-refractivity contribution in [3.05, 3.63) is 48.6 Å². The molecule has 0 fully saturated rings. The molecule has 0 aliphatic rings. The molecule has 1 aromatic carbocycles. The number of unbranched alkanes of at least 4 members (excludes halogenated alkanes) is 4. The fourth-order valence-electron chi connectivity index (χ4n) is 4.32. The fourth-order valence-corrected chi connectivity index (χ4v) is 21.0. The Morgan fingerprint density at radius 1 is 0.906 bits per heavy atom. The first-order valence-electron chi connectivity index (χ1n) is 12.8. The maximum absolute atomic E-state index is 12.7. The van der Waals surface area contributed by atoms with Gasteiger partial charge in [0.05, 0.1) is 0 Å². The van der Waals surface area contributed by atoms with Crippen LogP contribution >= 0.6 is 0 Å². The third-order valence-corrected chi connectivity index (χ3v) is 21.9. The van der Waals surface area contributed by atoms with Crippen molar-refractivity contribution in [1.29, 1.82) is 0 Å². The SMILES string of the molecule is C=CCCCOc1ccc(/[C](=C/C(=O)OCC)[Sn]([CH2]CCC)([CH2]CCC)[CH2]CCC)cc1. The summed E-state index contributed by atoms with van der Waals surface area (Å²) in [6.45, 7) is 13.6. The Morgan fingerprint density at radius 3 is 1.94 bits per heavy atom. The van der Waals surface area contributed by atoms with E-state index >= 15 is 0 Å². The number of ether oxygens (including phenoxy) is 2. The van der Waals surface area contributed by atoms with Crippen molar-refractivity contribution in [3.63, 3.8) is 0 Å². The van der Waals surface area contributed by atoms with Gasteiger partial charge in [-0.1, -0.05) is 0 Å². The first-order valence-corrected chi connectivity index (χ1v) is 20.3.